The number of aromatic hydroxyl groups is 1. The first-order valence-corrected chi connectivity index (χ1v) is 4.80. The summed E-state index contributed by atoms with van der Waals surface area (Å²) in [6.07, 6.45) is 1.79. The van der Waals surface area contributed by atoms with E-state index < -0.39 is 0 Å². The van der Waals surface area contributed by atoms with Gasteiger partial charge in [0.05, 0.1) is 5.52 Å². The minimum absolute atomic E-state index is 0.297. The van der Waals surface area contributed by atoms with Gasteiger partial charge in [-0.3, -0.25) is 4.98 Å². The quantitative estimate of drug-likeness (QED) is 0.559. The Morgan fingerprint density at radius 2 is 1.80 bits per heavy atom. The van der Waals surface area contributed by atoms with E-state index in [0.717, 1.165) is 21.7 Å². The Hall–Kier alpha value is -2.09. The highest BCUT2D eigenvalue weighted by atomic mass is 16.3. The predicted octanol–water partition coefficient (Wildman–Crippen LogP) is 3.09. The number of pyridine rings is 1. The lowest BCUT2D eigenvalue weighted by Crippen LogP contribution is -1.79. The molecular weight excluding hydrogens is 186 g/mol. The highest BCUT2D eigenvalue weighted by Gasteiger charge is 1.98. The normalized spacial score (nSPS) is 10.9. The van der Waals surface area contributed by atoms with Gasteiger partial charge in [-0.1, -0.05) is 12.1 Å². The maximum Gasteiger partial charge on any atom is 0.116 e. The molecule has 1 N–H and O–H groups in total. The van der Waals surface area contributed by atoms with Gasteiger partial charge in [-0.15, -0.1) is 0 Å². The van der Waals surface area contributed by atoms with E-state index in [-0.39, 0.29) is 0 Å². The first-order chi connectivity index (χ1) is 7.33. The van der Waals surface area contributed by atoms with Crippen molar-refractivity contribution in [2.45, 2.75) is 0 Å². The largest absolute Gasteiger partial charge is 0.508 e. The summed E-state index contributed by atoms with van der Waals surface area (Å²) >= 11 is 0. The fraction of sp³-hybridized carbons (Fsp3) is 0. The van der Waals surface area contributed by atoms with E-state index in [1.54, 1.807) is 18.3 Å². The molecule has 0 saturated heterocycles. The zero-order valence-electron chi connectivity index (χ0n) is 8.01. The Bertz CT molecular complexity index is 646. The predicted molar refractivity (Wildman–Crippen MR) is 60.9 cm³/mol. The standard InChI is InChI=1S/C13H9NO/c15-12-4-3-9-8-13-10(2-1-5-14-13)6-11(9)7-12/h1-8,15H. The summed E-state index contributed by atoms with van der Waals surface area (Å²) in [4.78, 5) is 4.29. The molecule has 2 aromatic carbocycles. The third-order valence-corrected chi connectivity index (χ3v) is 2.54. The molecule has 0 aliphatic carbocycles. The van der Waals surface area contributed by atoms with Crippen LogP contribution in [-0.4, -0.2) is 10.1 Å². The number of rotatable bonds is 0. The zero-order chi connectivity index (χ0) is 10.3. The summed E-state index contributed by atoms with van der Waals surface area (Å²) in [6.45, 7) is 0. The molecule has 3 rings (SSSR count). The molecule has 0 atom stereocenters. The van der Waals surface area contributed by atoms with Gasteiger partial charge >= 0.3 is 0 Å². The van der Waals surface area contributed by atoms with Crippen LogP contribution >= 0.6 is 0 Å². The Morgan fingerprint density at radius 1 is 0.867 bits per heavy atom. The fourth-order valence-corrected chi connectivity index (χ4v) is 1.81. The van der Waals surface area contributed by atoms with Crippen molar-refractivity contribution in [2.75, 3.05) is 0 Å². The molecule has 0 aliphatic rings. The summed E-state index contributed by atoms with van der Waals surface area (Å²) in [5.74, 6) is 0.297. The Labute approximate surface area is 86.8 Å². The van der Waals surface area contributed by atoms with Crippen LogP contribution in [0.2, 0.25) is 0 Å². The van der Waals surface area contributed by atoms with Gasteiger partial charge in [-0.25, -0.2) is 0 Å². The second-order valence-corrected chi connectivity index (χ2v) is 3.58. The topological polar surface area (TPSA) is 33.1 Å². The summed E-state index contributed by atoms with van der Waals surface area (Å²) in [5.41, 5.74) is 0.982. The summed E-state index contributed by atoms with van der Waals surface area (Å²) in [6, 6.07) is 13.4. The lowest BCUT2D eigenvalue weighted by molar-refractivity contribution is 0.476. The zero-order valence-corrected chi connectivity index (χ0v) is 8.01. The van der Waals surface area contributed by atoms with Crippen molar-refractivity contribution in [1.82, 2.24) is 4.98 Å². The van der Waals surface area contributed by atoms with Crippen molar-refractivity contribution in [2.24, 2.45) is 0 Å². The van der Waals surface area contributed by atoms with Gasteiger partial charge in [-0.05, 0) is 41.1 Å². The molecule has 0 spiro atoms. The monoisotopic (exact) mass is 195 g/mol. The lowest BCUT2D eigenvalue weighted by atomic mass is 10.1. The third kappa shape index (κ3) is 1.31. The second-order valence-electron chi connectivity index (χ2n) is 3.58. The highest BCUT2D eigenvalue weighted by molar-refractivity contribution is 5.96. The lowest BCUT2D eigenvalue weighted by Gasteiger charge is -2.01. The third-order valence-electron chi connectivity index (χ3n) is 2.54. The molecule has 1 aromatic heterocycles. The molecule has 3 aromatic rings. The molecule has 0 fully saturated rings. The molecular formula is C13H9NO. The van der Waals surface area contributed by atoms with E-state index in [4.69, 9.17) is 0 Å². The Kier molecular flexibility index (Phi) is 1.62. The Morgan fingerprint density at radius 3 is 2.73 bits per heavy atom. The maximum atomic E-state index is 9.39. The van der Waals surface area contributed by atoms with Gasteiger partial charge < -0.3 is 5.11 Å². The van der Waals surface area contributed by atoms with E-state index in [9.17, 15) is 5.11 Å². The van der Waals surface area contributed by atoms with E-state index in [0.29, 0.717) is 5.75 Å². The number of nitrogens with zero attached hydrogens (tertiary/aromatic N) is 1. The van der Waals surface area contributed by atoms with Gasteiger partial charge in [0.2, 0.25) is 0 Å². The molecule has 15 heavy (non-hydrogen) atoms. The minimum atomic E-state index is 0.297. The number of phenolic OH excluding ortho intramolecular Hbond substituents is 1. The molecule has 0 unspecified atom stereocenters. The summed E-state index contributed by atoms with van der Waals surface area (Å²) in [7, 11) is 0. The molecule has 0 radical (unpaired) electrons. The van der Waals surface area contributed by atoms with Crippen molar-refractivity contribution in [3.05, 3.63) is 48.7 Å². The highest BCUT2D eigenvalue weighted by Crippen LogP contribution is 2.24. The molecule has 0 saturated carbocycles. The number of aromatic nitrogens is 1. The van der Waals surface area contributed by atoms with E-state index in [1.807, 2.05) is 30.3 Å². The molecule has 2 nitrogen and oxygen atoms in total. The minimum Gasteiger partial charge on any atom is -0.508 e. The van der Waals surface area contributed by atoms with Gasteiger partial charge in [0.15, 0.2) is 0 Å². The van der Waals surface area contributed by atoms with Crippen molar-refractivity contribution < 1.29 is 5.11 Å². The summed E-state index contributed by atoms with van der Waals surface area (Å²) < 4.78 is 0. The maximum absolute atomic E-state index is 9.39. The van der Waals surface area contributed by atoms with E-state index in [2.05, 4.69) is 4.98 Å². The molecule has 0 aliphatic heterocycles. The molecule has 0 amide bonds. The number of hydrogen-bond donors (Lipinski definition) is 1. The van der Waals surface area contributed by atoms with Crippen LogP contribution < -0.4 is 0 Å². The average Bonchev–Trinajstić information content (AvgIpc) is 2.26. The molecule has 0 bridgehead atoms. The van der Waals surface area contributed by atoms with Crippen LogP contribution in [-0.2, 0) is 0 Å². The van der Waals surface area contributed by atoms with Crippen LogP contribution in [0.3, 0.4) is 0 Å². The van der Waals surface area contributed by atoms with Crippen molar-refractivity contribution >= 4 is 21.7 Å². The van der Waals surface area contributed by atoms with Crippen LogP contribution in [0, 0.1) is 0 Å². The van der Waals surface area contributed by atoms with Crippen LogP contribution in [0.15, 0.2) is 48.7 Å². The molecule has 72 valence electrons. The average molecular weight is 195 g/mol. The first kappa shape index (κ1) is 8.24. The van der Waals surface area contributed by atoms with Crippen molar-refractivity contribution in [1.29, 1.82) is 0 Å². The molecule has 2 heteroatoms. The van der Waals surface area contributed by atoms with Gasteiger partial charge in [0.25, 0.3) is 0 Å². The van der Waals surface area contributed by atoms with Gasteiger partial charge in [0, 0.05) is 11.6 Å². The second kappa shape index (κ2) is 2.95. The SMILES string of the molecule is Oc1ccc2cc3ncccc3cc2c1. The Balaban J connectivity index is 2.47. The van der Waals surface area contributed by atoms with E-state index in [1.165, 1.54) is 0 Å². The summed E-state index contributed by atoms with van der Waals surface area (Å²) in [5, 5.41) is 12.6. The van der Waals surface area contributed by atoms with Crippen LogP contribution in [0.4, 0.5) is 0 Å². The van der Waals surface area contributed by atoms with Crippen LogP contribution in [0.1, 0.15) is 0 Å². The molecule has 1 heterocycles. The number of hydrogen-bond acceptors (Lipinski definition) is 2. The van der Waals surface area contributed by atoms with E-state index >= 15 is 0 Å². The van der Waals surface area contributed by atoms with Crippen molar-refractivity contribution in [3.8, 4) is 5.75 Å². The van der Waals surface area contributed by atoms with Crippen molar-refractivity contribution in [3.63, 3.8) is 0 Å². The number of benzene rings is 2. The fourth-order valence-electron chi connectivity index (χ4n) is 1.81. The smallest absolute Gasteiger partial charge is 0.116 e. The van der Waals surface area contributed by atoms with Gasteiger partial charge in [0.1, 0.15) is 5.75 Å². The number of fused-ring (bicyclic) bond motifs is 2. The number of phenols is 1. The van der Waals surface area contributed by atoms with Crippen LogP contribution in [0.25, 0.3) is 21.7 Å². The van der Waals surface area contributed by atoms with Gasteiger partial charge in [-0.2, -0.15) is 0 Å². The van der Waals surface area contributed by atoms with Crippen LogP contribution in [0.5, 0.6) is 5.75 Å². The first-order valence-electron chi connectivity index (χ1n) is 4.80.